The Morgan fingerprint density at radius 1 is 0.889 bits per heavy atom. The van der Waals surface area contributed by atoms with Gasteiger partial charge in [0.2, 0.25) is 0 Å². The summed E-state index contributed by atoms with van der Waals surface area (Å²) < 4.78 is 0. The number of fused-ring (bicyclic) bond motifs is 1. The summed E-state index contributed by atoms with van der Waals surface area (Å²) in [6.07, 6.45) is 0.423. The van der Waals surface area contributed by atoms with Crippen molar-refractivity contribution in [2.45, 2.75) is 12.7 Å². The van der Waals surface area contributed by atoms with Gasteiger partial charge in [-0.25, -0.2) is 0 Å². The average Bonchev–Trinajstić information content (AvgIpc) is 3.13. The lowest BCUT2D eigenvalue weighted by atomic mass is 10.1. The largest absolute Gasteiger partial charge is 0.199 e. The molecule has 0 amide bonds. The van der Waals surface area contributed by atoms with Crippen LogP contribution in [0.2, 0.25) is 0 Å². The van der Waals surface area contributed by atoms with Gasteiger partial charge in [-0.3, -0.25) is 0 Å². The molecule has 2 aromatic carbocycles. The van der Waals surface area contributed by atoms with Crippen LogP contribution in [0, 0.1) is 0 Å². The number of hydrazine groups is 2. The van der Waals surface area contributed by atoms with Crippen LogP contribution in [-0.4, -0.2) is 21.8 Å². The molecule has 0 radical (unpaired) electrons. The van der Waals surface area contributed by atoms with E-state index in [0.717, 1.165) is 13.2 Å². The standard InChI is InChI=1S/C15H15N3/c1-3-7-13(8-4-1)11-16-15(17-12-18(16)17)14-9-5-2-6-10-14/h1-10,15H,11-12H2/t15?,17-,18+/m0/s1. The second-order valence-corrected chi connectivity index (χ2v) is 4.82. The summed E-state index contributed by atoms with van der Waals surface area (Å²) in [6.45, 7) is 2.04. The lowest BCUT2D eigenvalue weighted by molar-refractivity contribution is -0.191. The minimum absolute atomic E-state index is 0.423. The smallest absolute Gasteiger partial charge is 0.120 e. The Kier molecular flexibility index (Phi) is 2.23. The van der Waals surface area contributed by atoms with E-state index in [1.54, 1.807) is 0 Å². The first kappa shape index (κ1) is 10.3. The number of rotatable bonds is 3. The van der Waals surface area contributed by atoms with Crippen LogP contribution in [0.4, 0.5) is 0 Å². The Bertz CT molecular complexity index is 540. The van der Waals surface area contributed by atoms with E-state index in [0.29, 0.717) is 6.17 Å². The van der Waals surface area contributed by atoms with Gasteiger partial charge in [0.1, 0.15) is 6.17 Å². The first-order valence-corrected chi connectivity index (χ1v) is 6.33. The van der Waals surface area contributed by atoms with Crippen LogP contribution in [0.25, 0.3) is 0 Å². The molecule has 0 aromatic heterocycles. The molecule has 0 N–H and O–H groups in total. The lowest BCUT2D eigenvalue weighted by Gasteiger charge is -2.41. The van der Waals surface area contributed by atoms with E-state index >= 15 is 0 Å². The summed E-state index contributed by atoms with van der Waals surface area (Å²) in [4.78, 5) is 0. The summed E-state index contributed by atoms with van der Waals surface area (Å²) in [6, 6.07) is 21.4. The first-order valence-electron chi connectivity index (χ1n) is 6.33. The fourth-order valence-electron chi connectivity index (χ4n) is 2.67. The van der Waals surface area contributed by atoms with Gasteiger partial charge >= 0.3 is 0 Å². The van der Waals surface area contributed by atoms with Crippen molar-refractivity contribution in [1.29, 1.82) is 0 Å². The molecule has 0 saturated carbocycles. The van der Waals surface area contributed by atoms with Crippen LogP contribution in [0.3, 0.4) is 0 Å². The van der Waals surface area contributed by atoms with Gasteiger partial charge in [0.15, 0.2) is 0 Å². The normalized spacial score (nSPS) is 29.4. The summed E-state index contributed by atoms with van der Waals surface area (Å²) in [5.41, 5.74) is 2.74. The molecule has 2 heterocycles. The first-order chi connectivity index (χ1) is 8.93. The molecule has 18 heavy (non-hydrogen) atoms. The van der Waals surface area contributed by atoms with Crippen LogP contribution in [0.5, 0.6) is 0 Å². The Labute approximate surface area is 107 Å². The van der Waals surface area contributed by atoms with Gasteiger partial charge in [0.25, 0.3) is 0 Å². The van der Waals surface area contributed by atoms with Crippen LogP contribution >= 0.6 is 0 Å². The van der Waals surface area contributed by atoms with Crippen LogP contribution in [-0.2, 0) is 6.54 Å². The minimum Gasteiger partial charge on any atom is -0.199 e. The maximum absolute atomic E-state index is 2.42. The molecule has 3 atom stereocenters. The summed E-state index contributed by atoms with van der Waals surface area (Å²) in [5, 5.41) is 7.09. The molecule has 3 heteroatoms. The molecule has 2 aliphatic heterocycles. The molecule has 0 aliphatic carbocycles. The molecule has 2 fully saturated rings. The fourth-order valence-corrected chi connectivity index (χ4v) is 2.67. The highest BCUT2D eigenvalue weighted by atomic mass is 16.1. The Hall–Kier alpha value is -1.68. The molecule has 2 aromatic rings. The monoisotopic (exact) mass is 237 g/mol. The quantitative estimate of drug-likeness (QED) is 0.759. The van der Waals surface area contributed by atoms with Gasteiger partial charge < -0.3 is 0 Å². The molecule has 90 valence electrons. The van der Waals surface area contributed by atoms with Crippen LogP contribution < -0.4 is 0 Å². The number of nitrogens with zero attached hydrogens (tertiary/aromatic N) is 3. The molecular weight excluding hydrogens is 222 g/mol. The van der Waals surface area contributed by atoms with Crippen molar-refractivity contribution in [3.8, 4) is 0 Å². The third kappa shape index (κ3) is 1.56. The van der Waals surface area contributed by atoms with Gasteiger partial charge in [-0.05, 0) is 11.1 Å². The molecule has 2 aliphatic rings. The van der Waals surface area contributed by atoms with Crippen molar-refractivity contribution in [2.24, 2.45) is 0 Å². The van der Waals surface area contributed by atoms with Crippen LogP contribution in [0.15, 0.2) is 60.7 Å². The van der Waals surface area contributed by atoms with Gasteiger partial charge in [-0.2, -0.15) is 15.1 Å². The summed E-state index contributed by atoms with van der Waals surface area (Å²) in [7, 11) is 0. The maximum Gasteiger partial charge on any atom is 0.120 e. The lowest BCUT2D eigenvalue weighted by Crippen LogP contribution is -2.48. The predicted molar refractivity (Wildman–Crippen MR) is 69.7 cm³/mol. The molecule has 0 spiro atoms. The van der Waals surface area contributed by atoms with E-state index in [-0.39, 0.29) is 0 Å². The predicted octanol–water partition coefficient (Wildman–Crippen LogP) is 2.61. The number of benzene rings is 2. The SMILES string of the molecule is c1ccc(CN2C(c3ccccc3)[N@]3C[N@]23)cc1. The van der Waals surface area contributed by atoms with Gasteiger partial charge in [-0.1, -0.05) is 60.7 Å². The molecule has 0 bridgehead atoms. The summed E-state index contributed by atoms with van der Waals surface area (Å²) >= 11 is 0. The second kappa shape index (κ2) is 3.92. The van der Waals surface area contributed by atoms with Crippen molar-refractivity contribution in [1.82, 2.24) is 15.1 Å². The van der Waals surface area contributed by atoms with Gasteiger partial charge in [-0.15, -0.1) is 0 Å². The molecule has 1 unspecified atom stereocenters. The highest BCUT2D eigenvalue weighted by Gasteiger charge is 2.56. The maximum atomic E-state index is 2.42. The second-order valence-electron chi connectivity index (χ2n) is 4.82. The van der Waals surface area contributed by atoms with Gasteiger partial charge in [0, 0.05) is 6.54 Å². The van der Waals surface area contributed by atoms with Crippen molar-refractivity contribution < 1.29 is 0 Å². The van der Waals surface area contributed by atoms with E-state index in [9.17, 15) is 0 Å². The topological polar surface area (TPSA) is 9.26 Å². The van der Waals surface area contributed by atoms with E-state index in [1.807, 2.05) is 0 Å². The third-order valence-electron chi connectivity index (χ3n) is 3.63. The zero-order chi connectivity index (χ0) is 11.9. The van der Waals surface area contributed by atoms with E-state index in [2.05, 4.69) is 75.8 Å². The molecular formula is C15H15N3. The zero-order valence-corrected chi connectivity index (χ0v) is 10.1. The Morgan fingerprint density at radius 3 is 2.28 bits per heavy atom. The van der Waals surface area contributed by atoms with Crippen molar-refractivity contribution >= 4 is 0 Å². The highest BCUT2D eigenvalue weighted by Crippen LogP contribution is 2.47. The van der Waals surface area contributed by atoms with Crippen LogP contribution in [0.1, 0.15) is 17.3 Å². The Balaban J connectivity index is 1.56. The fraction of sp³-hybridized carbons (Fsp3) is 0.200. The van der Waals surface area contributed by atoms with Crippen molar-refractivity contribution in [2.75, 3.05) is 6.67 Å². The summed E-state index contributed by atoms with van der Waals surface area (Å²) in [5.74, 6) is 0. The highest BCUT2D eigenvalue weighted by molar-refractivity contribution is 5.22. The molecule has 2 saturated heterocycles. The van der Waals surface area contributed by atoms with Gasteiger partial charge in [0.05, 0.1) is 6.67 Å². The van der Waals surface area contributed by atoms with E-state index in [4.69, 9.17) is 0 Å². The molecule has 3 nitrogen and oxygen atoms in total. The molecule has 4 rings (SSSR count). The van der Waals surface area contributed by atoms with E-state index in [1.165, 1.54) is 11.1 Å². The number of hydrogen-bond donors (Lipinski definition) is 0. The van der Waals surface area contributed by atoms with E-state index < -0.39 is 0 Å². The number of hydrogen-bond acceptors (Lipinski definition) is 3. The van der Waals surface area contributed by atoms with Crippen molar-refractivity contribution in [3.63, 3.8) is 0 Å². The zero-order valence-electron chi connectivity index (χ0n) is 10.1. The van der Waals surface area contributed by atoms with Crippen molar-refractivity contribution in [3.05, 3.63) is 71.8 Å². The average molecular weight is 237 g/mol. The minimum atomic E-state index is 0.423. The Morgan fingerprint density at radius 2 is 1.56 bits per heavy atom. The third-order valence-corrected chi connectivity index (χ3v) is 3.63.